The zero-order valence-corrected chi connectivity index (χ0v) is 28.7. The molecule has 2 fully saturated rings. The Morgan fingerprint density at radius 3 is 1.98 bits per heavy atom. The molecule has 0 amide bonds. The SMILES string of the molecule is CCC(C)CCCCCCC(=O)O[C@@H]1[C@@H](OC(=O)C(C)CC)[C@@H](O[C@]2(CO)O[C@H](CO)[C@@H](O)[C@@H]2O)O[C@H](CO)[C@H]1OC(=O)CC(C)C. The molecule has 14 heteroatoms. The normalized spacial score (nSPS) is 32.2. The van der Waals surface area contributed by atoms with Crippen molar-refractivity contribution in [3.63, 3.8) is 0 Å². The van der Waals surface area contributed by atoms with Gasteiger partial charge in [0.15, 0.2) is 18.3 Å². The number of carbonyl (C=O) groups excluding carboxylic acids is 3. The summed E-state index contributed by atoms with van der Waals surface area (Å²) in [7, 11) is 0. The molecule has 2 unspecified atom stereocenters. The van der Waals surface area contributed by atoms with Crippen LogP contribution in [-0.2, 0) is 42.8 Å². The molecule has 2 heterocycles. The number of hydrogen-bond donors (Lipinski definition) is 5. The predicted molar refractivity (Wildman–Crippen MR) is 166 cm³/mol. The maximum Gasteiger partial charge on any atom is 0.309 e. The third kappa shape index (κ3) is 11.6. The Morgan fingerprint density at radius 1 is 0.787 bits per heavy atom. The van der Waals surface area contributed by atoms with Gasteiger partial charge in [0.1, 0.15) is 31.0 Å². The lowest BCUT2D eigenvalue weighted by atomic mass is 9.97. The van der Waals surface area contributed by atoms with Crippen LogP contribution < -0.4 is 0 Å². The van der Waals surface area contributed by atoms with Crippen molar-refractivity contribution in [2.45, 2.75) is 154 Å². The third-order valence-electron chi connectivity index (χ3n) is 8.89. The second-order valence-electron chi connectivity index (χ2n) is 13.3. The summed E-state index contributed by atoms with van der Waals surface area (Å²) in [6, 6.07) is 0. The van der Waals surface area contributed by atoms with Crippen LogP contribution in [0.15, 0.2) is 0 Å². The standard InChI is InChI=1S/C33H58O14/c1-7-20(5)13-11-9-10-12-14-24(37)43-28-27(44-25(38)15-19(3)4)23(17-35)42-32(29(28)45-31(41)21(6)8-2)47-33(18-36)30(40)26(39)22(16-34)46-33/h19-23,26-30,32,34-36,39-40H,7-18H2,1-6H3/t20?,21?,22-,23-,26-,27-,28+,29-,30+,32-,33+/m1/s1. The number of aliphatic hydroxyl groups excluding tert-OH is 5. The molecule has 0 bridgehead atoms. The first-order valence-electron chi connectivity index (χ1n) is 17.1. The van der Waals surface area contributed by atoms with Crippen LogP contribution in [0.5, 0.6) is 0 Å². The van der Waals surface area contributed by atoms with Gasteiger partial charge < -0.3 is 54.0 Å². The van der Waals surface area contributed by atoms with Gasteiger partial charge in [-0.1, -0.05) is 73.6 Å². The molecule has 11 atom stereocenters. The molecule has 47 heavy (non-hydrogen) atoms. The molecular formula is C33H58O14. The van der Waals surface area contributed by atoms with Crippen molar-refractivity contribution in [1.29, 1.82) is 0 Å². The van der Waals surface area contributed by atoms with Gasteiger partial charge in [0.25, 0.3) is 0 Å². The number of esters is 3. The smallest absolute Gasteiger partial charge is 0.309 e. The Bertz CT molecular complexity index is 962. The molecule has 2 saturated heterocycles. The summed E-state index contributed by atoms with van der Waals surface area (Å²) in [6.07, 6.45) is -6.79. The number of rotatable bonds is 20. The van der Waals surface area contributed by atoms with Gasteiger partial charge in [0.05, 0.1) is 19.1 Å². The molecule has 2 rings (SSSR count). The highest BCUT2D eigenvalue weighted by molar-refractivity contribution is 5.73. The van der Waals surface area contributed by atoms with Crippen LogP contribution in [0.3, 0.4) is 0 Å². The Balaban J connectivity index is 2.43. The minimum atomic E-state index is -2.37. The average molecular weight is 679 g/mol. The summed E-state index contributed by atoms with van der Waals surface area (Å²) in [5, 5.41) is 51.4. The lowest BCUT2D eigenvalue weighted by Gasteiger charge is -2.46. The van der Waals surface area contributed by atoms with Gasteiger partial charge in [-0.3, -0.25) is 14.4 Å². The first-order valence-corrected chi connectivity index (χ1v) is 17.1. The number of hydrogen-bond acceptors (Lipinski definition) is 14. The van der Waals surface area contributed by atoms with Crippen LogP contribution in [-0.4, -0.2) is 118 Å². The first kappa shape index (κ1) is 41.3. The van der Waals surface area contributed by atoms with Gasteiger partial charge in [-0.2, -0.15) is 0 Å². The van der Waals surface area contributed by atoms with Crippen molar-refractivity contribution in [2.75, 3.05) is 19.8 Å². The van der Waals surface area contributed by atoms with Crippen molar-refractivity contribution in [2.24, 2.45) is 17.8 Å². The van der Waals surface area contributed by atoms with Crippen LogP contribution in [0, 0.1) is 17.8 Å². The van der Waals surface area contributed by atoms with Crippen LogP contribution >= 0.6 is 0 Å². The minimum absolute atomic E-state index is 0.00267. The summed E-state index contributed by atoms with van der Waals surface area (Å²) in [6.45, 7) is 8.81. The fourth-order valence-electron chi connectivity index (χ4n) is 5.47. The van der Waals surface area contributed by atoms with Crippen LogP contribution in [0.25, 0.3) is 0 Å². The Labute approximate surface area is 278 Å². The molecule has 2 aliphatic rings. The Hall–Kier alpha value is -1.91. The molecule has 5 N–H and O–H groups in total. The zero-order valence-electron chi connectivity index (χ0n) is 28.7. The van der Waals surface area contributed by atoms with E-state index in [1.807, 2.05) is 0 Å². The van der Waals surface area contributed by atoms with Gasteiger partial charge in [-0.05, 0) is 24.7 Å². The van der Waals surface area contributed by atoms with Crippen LogP contribution in [0.4, 0.5) is 0 Å². The van der Waals surface area contributed by atoms with Gasteiger partial charge in [0, 0.05) is 12.8 Å². The minimum Gasteiger partial charge on any atom is -0.455 e. The van der Waals surface area contributed by atoms with Crippen LogP contribution in [0.1, 0.15) is 99.3 Å². The molecule has 274 valence electrons. The number of carbonyl (C=O) groups is 3. The van der Waals surface area contributed by atoms with E-state index in [0.29, 0.717) is 18.8 Å². The highest BCUT2D eigenvalue weighted by Gasteiger charge is 2.60. The molecule has 0 aromatic carbocycles. The lowest BCUT2D eigenvalue weighted by molar-refractivity contribution is -0.384. The van der Waals surface area contributed by atoms with Crippen molar-refractivity contribution < 1.29 is 68.3 Å². The topological polar surface area (TPSA) is 208 Å². The van der Waals surface area contributed by atoms with E-state index in [-0.39, 0.29) is 18.8 Å². The Kier molecular flexibility index (Phi) is 17.5. The third-order valence-corrected chi connectivity index (χ3v) is 8.89. The van der Waals surface area contributed by atoms with Gasteiger partial charge in [-0.25, -0.2) is 0 Å². The fourth-order valence-corrected chi connectivity index (χ4v) is 5.47. The van der Waals surface area contributed by atoms with E-state index in [1.165, 1.54) is 0 Å². The van der Waals surface area contributed by atoms with E-state index in [0.717, 1.165) is 32.1 Å². The summed E-state index contributed by atoms with van der Waals surface area (Å²) in [5.74, 6) is -4.53. The molecule has 0 aromatic rings. The maximum atomic E-state index is 13.3. The largest absolute Gasteiger partial charge is 0.455 e. The van der Waals surface area contributed by atoms with Gasteiger partial charge in [0.2, 0.25) is 12.1 Å². The van der Waals surface area contributed by atoms with E-state index in [9.17, 15) is 39.9 Å². The Morgan fingerprint density at radius 2 is 1.43 bits per heavy atom. The molecule has 0 spiro atoms. The van der Waals surface area contributed by atoms with E-state index >= 15 is 0 Å². The molecular weight excluding hydrogens is 620 g/mol. The molecule has 0 radical (unpaired) electrons. The van der Waals surface area contributed by atoms with Crippen molar-refractivity contribution >= 4 is 17.9 Å². The van der Waals surface area contributed by atoms with Crippen molar-refractivity contribution in [1.82, 2.24) is 0 Å². The summed E-state index contributed by atoms with van der Waals surface area (Å²) < 4.78 is 34.7. The average Bonchev–Trinajstić information content (AvgIpc) is 3.28. The van der Waals surface area contributed by atoms with E-state index in [2.05, 4.69) is 13.8 Å². The van der Waals surface area contributed by atoms with Crippen molar-refractivity contribution in [3.05, 3.63) is 0 Å². The van der Waals surface area contributed by atoms with Gasteiger partial charge in [-0.15, -0.1) is 0 Å². The first-order chi connectivity index (χ1) is 22.3. The van der Waals surface area contributed by atoms with Crippen LogP contribution in [0.2, 0.25) is 0 Å². The highest BCUT2D eigenvalue weighted by Crippen LogP contribution is 2.38. The van der Waals surface area contributed by atoms with E-state index in [1.54, 1.807) is 27.7 Å². The highest BCUT2D eigenvalue weighted by atomic mass is 16.8. The van der Waals surface area contributed by atoms with Crippen molar-refractivity contribution in [3.8, 4) is 0 Å². The lowest BCUT2D eigenvalue weighted by Crippen LogP contribution is -2.65. The molecule has 2 aliphatic heterocycles. The second kappa shape index (κ2) is 19.9. The van der Waals surface area contributed by atoms with E-state index < -0.39 is 98.5 Å². The summed E-state index contributed by atoms with van der Waals surface area (Å²) in [4.78, 5) is 39.3. The fraction of sp³-hybridized carbons (Fsp3) is 0.909. The zero-order chi connectivity index (χ0) is 35.3. The molecule has 0 saturated carbocycles. The summed E-state index contributed by atoms with van der Waals surface area (Å²) in [5.41, 5.74) is 0. The monoisotopic (exact) mass is 678 g/mol. The second-order valence-corrected chi connectivity index (χ2v) is 13.3. The maximum absolute atomic E-state index is 13.3. The number of unbranched alkanes of at least 4 members (excludes halogenated alkanes) is 3. The number of ether oxygens (including phenoxy) is 6. The quantitative estimate of drug-likeness (QED) is 0.0706. The molecule has 14 nitrogen and oxygen atoms in total. The predicted octanol–water partition coefficient (Wildman–Crippen LogP) is 1.74. The van der Waals surface area contributed by atoms with Gasteiger partial charge >= 0.3 is 17.9 Å². The number of aliphatic hydroxyl groups is 5. The summed E-state index contributed by atoms with van der Waals surface area (Å²) >= 11 is 0. The van der Waals surface area contributed by atoms with E-state index in [4.69, 9.17) is 28.4 Å². The molecule has 0 aromatic heterocycles. The molecule has 0 aliphatic carbocycles.